The predicted molar refractivity (Wildman–Crippen MR) is 94.8 cm³/mol. The summed E-state index contributed by atoms with van der Waals surface area (Å²) >= 11 is 5.70. The summed E-state index contributed by atoms with van der Waals surface area (Å²) in [6, 6.07) is 10.3. The molecular formula is C18H14ClF3N2O4. The molecule has 2 rings (SSSR count). The Balaban J connectivity index is 1.81. The Morgan fingerprint density at radius 2 is 1.64 bits per heavy atom. The number of para-hydroxylation sites is 1. The average Bonchev–Trinajstić information content (AvgIpc) is 2.64. The highest BCUT2D eigenvalue weighted by atomic mass is 35.5. The molecule has 0 saturated carbocycles. The molecule has 2 N–H and O–H groups in total. The standard InChI is InChI=1S/C18H14ClF3N2O4/c19-12-7-5-11(6-8-12)17(27)23-9-16(26)28-10-15(25)24-14-4-2-1-3-13(14)18(20,21)22/h1-8H,9-10H2,(H,23,27)(H,24,25). The Bertz CT molecular complexity index is 870. The largest absolute Gasteiger partial charge is 0.454 e. The van der Waals surface area contributed by atoms with Gasteiger partial charge in [0.1, 0.15) is 6.54 Å². The maximum atomic E-state index is 12.9. The molecule has 0 unspecified atom stereocenters. The molecule has 6 nitrogen and oxygen atoms in total. The summed E-state index contributed by atoms with van der Waals surface area (Å²) in [5.74, 6) is -2.44. The van der Waals surface area contributed by atoms with Crippen molar-refractivity contribution >= 4 is 35.1 Å². The van der Waals surface area contributed by atoms with E-state index in [1.165, 1.54) is 36.4 Å². The van der Waals surface area contributed by atoms with E-state index in [2.05, 4.69) is 10.1 Å². The normalized spacial score (nSPS) is 10.9. The lowest BCUT2D eigenvalue weighted by atomic mass is 10.1. The van der Waals surface area contributed by atoms with Crippen molar-refractivity contribution in [2.45, 2.75) is 6.18 Å². The SMILES string of the molecule is O=C(COC(=O)CNC(=O)c1ccc(Cl)cc1)Nc1ccccc1C(F)(F)F. The Kier molecular flexibility index (Phi) is 7.00. The molecular weight excluding hydrogens is 401 g/mol. The maximum Gasteiger partial charge on any atom is 0.418 e. The molecule has 0 aliphatic rings. The molecule has 10 heteroatoms. The van der Waals surface area contributed by atoms with Crippen LogP contribution in [0.1, 0.15) is 15.9 Å². The van der Waals surface area contributed by atoms with Gasteiger partial charge in [-0.05, 0) is 36.4 Å². The number of benzene rings is 2. The van der Waals surface area contributed by atoms with Crippen molar-refractivity contribution in [3.05, 3.63) is 64.7 Å². The average molecular weight is 415 g/mol. The van der Waals surface area contributed by atoms with Crippen LogP contribution in [0.2, 0.25) is 5.02 Å². The van der Waals surface area contributed by atoms with Crippen molar-refractivity contribution in [2.24, 2.45) is 0 Å². The monoisotopic (exact) mass is 414 g/mol. The van der Waals surface area contributed by atoms with Gasteiger partial charge < -0.3 is 15.4 Å². The predicted octanol–water partition coefficient (Wildman–Crippen LogP) is 3.27. The van der Waals surface area contributed by atoms with Crippen LogP contribution in [0.5, 0.6) is 0 Å². The lowest BCUT2D eigenvalue weighted by Crippen LogP contribution is -2.32. The maximum absolute atomic E-state index is 12.9. The number of amides is 2. The summed E-state index contributed by atoms with van der Waals surface area (Å²) < 4.78 is 43.2. The van der Waals surface area contributed by atoms with E-state index in [-0.39, 0.29) is 5.56 Å². The van der Waals surface area contributed by atoms with Gasteiger partial charge in [0.2, 0.25) is 0 Å². The van der Waals surface area contributed by atoms with Crippen LogP contribution in [0.15, 0.2) is 48.5 Å². The minimum Gasteiger partial charge on any atom is -0.454 e. The van der Waals surface area contributed by atoms with Gasteiger partial charge in [-0.1, -0.05) is 23.7 Å². The minimum absolute atomic E-state index is 0.263. The number of anilines is 1. The summed E-state index contributed by atoms with van der Waals surface area (Å²) in [4.78, 5) is 35.2. The van der Waals surface area contributed by atoms with Gasteiger partial charge in [-0.15, -0.1) is 0 Å². The molecule has 0 spiro atoms. The van der Waals surface area contributed by atoms with E-state index in [0.717, 1.165) is 12.1 Å². The van der Waals surface area contributed by atoms with E-state index in [4.69, 9.17) is 11.6 Å². The van der Waals surface area contributed by atoms with Crippen LogP contribution in [0.3, 0.4) is 0 Å². The van der Waals surface area contributed by atoms with Gasteiger partial charge in [-0.3, -0.25) is 14.4 Å². The topological polar surface area (TPSA) is 84.5 Å². The number of halogens is 4. The highest BCUT2D eigenvalue weighted by Gasteiger charge is 2.33. The van der Waals surface area contributed by atoms with Crippen LogP contribution >= 0.6 is 11.6 Å². The Hall–Kier alpha value is -3.07. The molecule has 0 bridgehead atoms. The van der Waals surface area contributed by atoms with Crippen LogP contribution < -0.4 is 10.6 Å². The van der Waals surface area contributed by atoms with E-state index in [1.807, 2.05) is 5.32 Å². The van der Waals surface area contributed by atoms with Crippen LogP contribution in [-0.2, 0) is 20.5 Å². The molecule has 0 fully saturated rings. The molecule has 0 atom stereocenters. The smallest absolute Gasteiger partial charge is 0.418 e. The second kappa shape index (κ2) is 9.23. The van der Waals surface area contributed by atoms with Gasteiger partial charge in [-0.2, -0.15) is 13.2 Å². The number of hydrogen-bond acceptors (Lipinski definition) is 4. The Morgan fingerprint density at radius 3 is 2.29 bits per heavy atom. The number of nitrogens with one attached hydrogen (secondary N) is 2. The van der Waals surface area contributed by atoms with Gasteiger partial charge in [0.25, 0.3) is 11.8 Å². The third-order valence-electron chi connectivity index (χ3n) is 3.37. The molecule has 0 aliphatic carbocycles. The molecule has 0 saturated heterocycles. The highest BCUT2D eigenvalue weighted by Crippen LogP contribution is 2.34. The minimum atomic E-state index is -4.65. The first-order valence-corrected chi connectivity index (χ1v) is 8.20. The van der Waals surface area contributed by atoms with E-state index in [1.54, 1.807) is 0 Å². The zero-order chi connectivity index (χ0) is 20.7. The summed E-state index contributed by atoms with van der Waals surface area (Å²) in [6.07, 6.45) is -4.65. The van der Waals surface area contributed by atoms with Crippen molar-refractivity contribution in [3.8, 4) is 0 Å². The quantitative estimate of drug-likeness (QED) is 0.710. The second-order valence-electron chi connectivity index (χ2n) is 5.44. The summed E-state index contributed by atoms with van der Waals surface area (Å²) in [5, 5.41) is 4.75. The number of esters is 1. The Morgan fingerprint density at radius 1 is 1.00 bits per heavy atom. The molecule has 2 aromatic rings. The van der Waals surface area contributed by atoms with Crippen LogP contribution in [-0.4, -0.2) is 30.9 Å². The first-order valence-electron chi connectivity index (χ1n) is 7.82. The molecule has 0 radical (unpaired) electrons. The molecule has 148 valence electrons. The molecule has 2 aromatic carbocycles. The molecule has 2 amide bonds. The fourth-order valence-electron chi connectivity index (χ4n) is 2.08. The van der Waals surface area contributed by atoms with Crippen molar-refractivity contribution < 1.29 is 32.3 Å². The fourth-order valence-corrected chi connectivity index (χ4v) is 2.20. The van der Waals surface area contributed by atoms with E-state index < -0.39 is 48.4 Å². The number of alkyl halides is 3. The number of carbonyl (C=O) groups is 3. The second-order valence-corrected chi connectivity index (χ2v) is 5.88. The van der Waals surface area contributed by atoms with Gasteiger partial charge >= 0.3 is 12.1 Å². The lowest BCUT2D eigenvalue weighted by molar-refractivity contribution is -0.146. The van der Waals surface area contributed by atoms with Crippen LogP contribution in [0.4, 0.5) is 18.9 Å². The van der Waals surface area contributed by atoms with Crippen molar-refractivity contribution in [1.82, 2.24) is 5.32 Å². The first-order chi connectivity index (χ1) is 13.2. The van der Waals surface area contributed by atoms with E-state index in [9.17, 15) is 27.6 Å². The number of rotatable bonds is 6. The zero-order valence-corrected chi connectivity index (χ0v) is 14.9. The number of hydrogen-bond donors (Lipinski definition) is 2. The number of carbonyl (C=O) groups excluding carboxylic acids is 3. The van der Waals surface area contributed by atoms with Crippen molar-refractivity contribution in [2.75, 3.05) is 18.5 Å². The van der Waals surface area contributed by atoms with E-state index >= 15 is 0 Å². The third kappa shape index (κ3) is 6.27. The zero-order valence-electron chi connectivity index (χ0n) is 14.2. The number of ether oxygens (including phenoxy) is 1. The van der Waals surface area contributed by atoms with Gasteiger partial charge in [0.15, 0.2) is 6.61 Å². The first kappa shape index (κ1) is 21.2. The van der Waals surface area contributed by atoms with E-state index in [0.29, 0.717) is 5.02 Å². The molecule has 0 aliphatic heterocycles. The van der Waals surface area contributed by atoms with Crippen molar-refractivity contribution in [3.63, 3.8) is 0 Å². The molecule has 28 heavy (non-hydrogen) atoms. The lowest BCUT2D eigenvalue weighted by Gasteiger charge is -2.13. The summed E-state index contributed by atoms with van der Waals surface area (Å²) in [6.45, 7) is -1.32. The van der Waals surface area contributed by atoms with Crippen LogP contribution in [0, 0.1) is 0 Å². The Labute approximate surface area is 162 Å². The molecule has 0 heterocycles. The highest BCUT2D eigenvalue weighted by molar-refractivity contribution is 6.30. The molecule has 0 aromatic heterocycles. The van der Waals surface area contributed by atoms with Crippen LogP contribution in [0.25, 0.3) is 0 Å². The van der Waals surface area contributed by atoms with Crippen molar-refractivity contribution in [1.29, 1.82) is 0 Å². The third-order valence-corrected chi connectivity index (χ3v) is 3.62. The fraction of sp³-hybridized carbons (Fsp3) is 0.167. The summed E-state index contributed by atoms with van der Waals surface area (Å²) in [5.41, 5.74) is -1.21. The summed E-state index contributed by atoms with van der Waals surface area (Å²) in [7, 11) is 0. The van der Waals surface area contributed by atoms with Gasteiger partial charge in [0.05, 0.1) is 11.3 Å². The van der Waals surface area contributed by atoms with Gasteiger partial charge in [0, 0.05) is 10.6 Å². The van der Waals surface area contributed by atoms with Gasteiger partial charge in [-0.25, -0.2) is 0 Å².